The highest BCUT2D eigenvalue weighted by molar-refractivity contribution is 6.32. The maximum atomic E-state index is 11.6. The first-order chi connectivity index (χ1) is 8.91. The molecule has 19 heavy (non-hydrogen) atoms. The summed E-state index contributed by atoms with van der Waals surface area (Å²) in [4.78, 5) is 22.6. The molecule has 0 aliphatic rings. The fourth-order valence-corrected chi connectivity index (χ4v) is 1.69. The van der Waals surface area contributed by atoms with Gasteiger partial charge in [-0.3, -0.25) is 4.79 Å². The molecule has 0 heterocycles. The van der Waals surface area contributed by atoms with E-state index in [-0.39, 0.29) is 5.92 Å². The zero-order valence-electron chi connectivity index (χ0n) is 10.8. The Morgan fingerprint density at radius 1 is 1.32 bits per heavy atom. The van der Waals surface area contributed by atoms with Crippen molar-refractivity contribution in [2.24, 2.45) is 5.92 Å². The molecule has 4 nitrogen and oxygen atoms in total. The summed E-state index contributed by atoms with van der Waals surface area (Å²) in [7, 11) is 0. The number of hydrogen-bond acceptors (Lipinski definition) is 2. The molecule has 0 saturated carbocycles. The van der Waals surface area contributed by atoms with Crippen LogP contribution in [-0.2, 0) is 9.59 Å². The number of aliphatic carboxylic acids is 1. The Bertz CT molecular complexity index is 497. The Morgan fingerprint density at radius 2 is 1.95 bits per heavy atom. The van der Waals surface area contributed by atoms with Crippen LogP contribution in [0.4, 0.5) is 0 Å². The molecular formula is C14H16ClNO3. The summed E-state index contributed by atoms with van der Waals surface area (Å²) in [6.07, 6.45) is 2.83. The third kappa shape index (κ3) is 4.75. The highest BCUT2D eigenvalue weighted by Gasteiger charge is 2.22. The van der Waals surface area contributed by atoms with Gasteiger partial charge in [-0.25, -0.2) is 4.79 Å². The molecule has 1 aromatic rings. The van der Waals surface area contributed by atoms with E-state index in [9.17, 15) is 9.59 Å². The van der Waals surface area contributed by atoms with Gasteiger partial charge in [-0.05, 0) is 23.6 Å². The Balaban J connectivity index is 2.70. The molecule has 2 N–H and O–H groups in total. The summed E-state index contributed by atoms with van der Waals surface area (Å²) in [6.45, 7) is 3.47. The van der Waals surface area contributed by atoms with Crippen LogP contribution in [0.2, 0.25) is 5.02 Å². The topological polar surface area (TPSA) is 66.4 Å². The van der Waals surface area contributed by atoms with E-state index < -0.39 is 17.9 Å². The molecule has 0 unspecified atom stereocenters. The second-order valence-electron chi connectivity index (χ2n) is 4.42. The standard InChI is InChI=1S/C14H16ClNO3/c1-9(2)13(14(18)19)16-12(17)8-7-10-5-3-4-6-11(10)15/h3-9,13H,1-2H3,(H,16,17)(H,18,19)/t13-/m1/s1. The van der Waals surface area contributed by atoms with Crippen LogP contribution in [-0.4, -0.2) is 23.0 Å². The van der Waals surface area contributed by atoms with Gasteiger partial charge in [0.2, 0.25) is 5.91 Å². The maximum Gasteiger partial charge on any atom is 0.326 e. The lowest BCUT2D eigenvalue weighted by Crippen LogP contribution is -2.43. The van der Waals surface area contributed by atoms with Gasteiger partial charge in [0.1, 0.15) is 6.04 Å². The first-order valence-electron chi connectivity index (χ1n) is 5.87. The molecule has 0 aliphatic heterocycles. The number of benzene rings is 1. The molecule has 0 fully saturated rings. The number of amides is 1. The Kier molecular flexibility index (Phi) is 5.57. The van der Waals surface area contributed by atoms with Gasteiger partial charge in [0.25, 0.3) is 0 Å². The van der Waals surface area contributed by atoms with Crippen molar-refractivity contribution in [3.05, 3.63) is 40.9 Å². The minimum absolute atomic E-state index is 0.185. The van der Waals surface area contributed by atoms with Crippen LogP contribution >= 0.6 is 11.6 Å². The normalized spacial score (nSPS) is 12.6. The van der Waals surface area contributed by atoms with Gasteiger partial charge >= 0.3 is 5.97 Å². The zero-order valence-corrected chi connectivity index (χ0v) is 11.5. The number of carboxylic acids is 1. The van der Waals surface area contributed by atoms with Crippen LogP contribution in [0.5, 0.6) is 0 Å². The quantitative estimate of drug-likeness (QED) is 0.815. The molecule has 1 aromatic carbocycles. The molecule has 1 atom stereocenters. The van der Waals surface area contributed by atoms with Gasteiger partial charge in [-0.2, -0.15) is 0 Å². The number of hydrogen-bond donors (Lipinski definition) is 2. The van der Waals surface area contributed by atoms with Crippen LogP contribution in [0.1, 0.15) is 19.4 Å². The van der Waals surface area contributed by atoms with Gasteiger partial charge < -0.3 is 10.4 Å². The van der Waals surface area contributed by atoms with Gasteiger partial charge in [0.05, 0.1) is 0 Å². The average molecular weight is 282 g/mol. The van der Waals surface area contributed by atoms with Gasteiger partial charge in [-0.15, -0.1) is 0 Å². The highest BCUT2D eigenvalue weighted by atomic mass is 35.5. The molecule has 5 heteroatoms. The van der Waals surface area contributed by atoms with Crippen molar-refractivity contribution in [3.63, 3.8) is 0 Å². The van der Waals surface area contributed by atoms with E-state index in [0.717, 1.165) is 0 Å². The van der Waals surface area contributed by atoms with E-state index in [1.807, 2.05) is 0 Å². The molecule has 0 aromatic heterocycles. The van der Waals surface area contributed by atoms with Crippen molar-refractivity contribution >= 4 is 29.6 Å². The summed E-state index contributed by atoms with van der Waals surface area (Å²) in [5.41, 5.74) is 0.704. The lowest BCUT2D eigenvalue weighted by Gasteiger charge is -2.16. The third-order valence-corrected chi connectivity index (χ3v) is 2.89. The molecule has 1 rings (SSSR count). The molecule has 0 radical (unpaired) electrons. The van der Waals surface area contributed by atoms with Crippen LogP contribution in [0.25, 0.3) is 6.08 Å². The third-order valence-electron chi connectivity index (χ3n) is 2.55. The van der Waals surface area contributed by atoms with E-state index >= 15 is 0 Å². The number of nitrogens with one attached hydrogen (secondary N) is 1. The second-order valence-corrected chi connectivity index (χ2v) is 4.83. The average Bonchev–Trinajstić information content (AvgIpc) is 2.34. The van der Waals surface area contributed by atoms with Gasteiger partial charge in [0, 0.05) is 11.1 Å². The fourth-order valence-electron chi connectivity index (χ4n) is 1.49. The monoisotopic (exact) mass is 281 g/mol. The molecule has 0 spiro atoms. The minimum Gasteiger partial charge on any atom is -0.480 e. The van der Waals surface area contributed by atoms with Crippen molar-refractivity contribution in [2.45, 2.75) is 19.9 Å². The summed E-state index contributed by atoms with van der Waals surface area (Å²) < 4.78 is 0. The van der Waals surface area contributed by atoms with E-state index in [2.05, 4.69) is 5.32 Å². The number of carbonyl (C=O) groups is 2. The summed E-state index contributed by atoms with van der Waals surface area (Å²) in [5, 5.41) is 11.9. The predicted octanol–water partition coefficient (Wildman–Crippen LogP) is 2.58. The zero-order chi connectivity index (χ0) is 14.4. The number of rotatable bonds is 5. The molecule has 1 amide bonds. The molecule has 0 aliphatic carbocycles. The maximum absolute atomic E-state index is 11.6. The molecule has 102 valence electrons. The minimum atomic E-state index is -1.05. The largest absolute Gasteiger partial charge is 0.480 e. The first kappa shape index (κ1) is 15.2. The van der Waals surface area contributed by atoms with E-state index in [0.29, 0.717) is 10.6 Å². The van der Waals surface area contributed by atoms with Crippen molar-refractivity contribution in [3.8, 4) is 0 Å². The van der Waals surface area contributed by atoms with Crippen molar-refractivity contribution in [1.29, 1.82) is 0 Å². The molecule has 0 bridgehead atoms. The van der Waals surface area contributed by atoms with E-state index in [4.69, 9.17) is 16.7 Å². The molecular weight excluding hydrogens is 266 g/mol. The highest BCUT2D eigenvalue weighted by Crippen LogP contribution is 2.16. The van der Waals surface area contributed by atoms with Gasteiger partial charge in [-0.1, -0.05) is 43.6 Å². The summed E-state index contributed by atoms with van der Waals surface area (Å²) >= 11 is 5.94. The van der Waals surface area contributed by atoms with E-state index in [1.54, 1.807) is 44.2 Å². The first-order valence-corrected chi connectivity index (χ1v) is 6.25. The van der Waals surface area contributed by atoms with Crippen molar-refractivity contribution in [2.75, 3.05) is 0 Å². The van der Waals surface area contributed by atoms with Crippen molar-refractivity contribution < 1.29 is 14.7 Å². The van der Waals surface area contributed by atoms with Crippen LogP contribution in [0, 0.1) is 5.92 Å². The Hall–Kier alpha value is -1.81. The smallest absolute Gasteiger partial charge is 0.326 e. The van der Waals surface area contributed by atoms with E-state index in [1.165, 1.54) is 6.08 Å². The predicted molar refractivity (Wildman–Crippen MR) is 74.9 cm³/mol. The number of halogens is 1. The van der Waals surface area contributed by atoms with Crippen LogP contribution in [0.15, 0.2) is 30.3 Å². The SMILES string of the molecule is CC(C)[C@@H](NC(=O)C=Cc1ccccc1Cl)C(=O)O. The van der Waals surface area contributed by atoms with Crippen molar-refractivity contribution in [1.82, 2.24) is 5.32 Å². The van der Waals surface area contributed by atoms with Gasteiger partial charge in [0.15, 0.2) is 0 Å². The van der Waals surface area contributed by atoms with Crippen LogP contribution in [0.3, 0.4) is 0 Å². The van der Waals surface area contributed by atoms with Crippen LogP contribution < -0.4 is 5.32 Å². The molecule has 0 saturated heterocycles. The Labute approximate surface area is 117 Å². The fraction of sp³-hybridized carbons (Fsp3) is 0.286. The lowest BCUT2D eigenvalue weighted by atomic mass is 10.0. The lowest BCUT2D eigenvalue weighted by molar-refractivity contribution is -0.142. The Morgan fingerprint density at radius 3 is 2.47 bits per heavy atom. The summed E-state index contributed by atoms with van der Waals surface area (Å²) in [5.74, 6) is -1.69. The number of carboxylic acid groups (broad SMARTS) is 1. The number of carbonyl (C=O) groups excluding carboxylic acids is 1. The summed E-state index contributed by atoms with van der Waals surface area (Å²) in [6, 6.07) is 6.18. The second kappa shape index (κ2) is 6.95.